The third-order valence-corrected chi connectivity index (χ3v) is 2.68. The number of aromatic nitrogens is 2. The fraction of sp³-hybridized carbons (Fsp3) is 0.167. The number of nitrogens with one attached hydrogen (secondary N) is 2. The molecule has 2 amide bonds. The number of urea groups is 1. The van der Waals surface area contributed by atoms with Crippen molar-refractivity contribution in [1.82, 2.24) is 15.1 Å². The Hall–Kier alpha value is -2.01. The maximum Gasteiger partial charge on any atom is 0.320 e. The highest BCUT2D eigenvalue weighted by atomic mass is 35.5. The fourth-order valence-corrected chi connectivity index (χ4v) is 1.57. The van der Waals surface area contributed by atoms with Gasteiger partial charge in [0.2, 0.25) is 0 Å². The first-order chi connectivity index (χ1) is 8.65. The minimum atomic E-state index is -0.270. The normalized spacial score (nSPS) is 10.1. The molecule has 1 heterocycles. The van der Waals surface area contributed by atoms with Gasteiger partial charge >= 0.3 is 6.03 Å². The molecule has 6 heteroatoms. The van der Waals surface area contributed by atoms with E-state index in [-0.39, 0.29) is 6.03 Å². The summed E-state index contributed by atoms with van der Waals surface area (Å²) in [6.45, 7) is 0.445. The number of hydrogen-bond donors (Lipinski definition) is 2. The van der Waals surface area contributed by atoms with Crippen molar-refractivity contribution in [3.8, 4) is 0 Å². The first kappa shape index (κ1) is 12.4. The quantitative estimate of drug-likeness (QED) is 0.894. The number of amides is 2. The molecule has 0 saturated heterocycles. The number of carbonyl (C=O) groups is 1. The summed E-state index contributed by atoms with van der Waals surface area (Å²) in [6, 6.07) is 8.77. The second kappa shape index (κ2) is 5.55. The third-order valence-electron chi connectivity index (χ3n) is 2.43. The van der Waals surface area contributed by atoms with Gasteiger partial charge < -0.3 is 5.32 Å². The fourth-order valence-electron chi connectivity index (χ4n) is 1.44. The van der Waals surface area contributed by atoms with Crippen LogP contribution in [0.4, 0.5) is 10.6 Å². The lowest BCUT2D eigenvalue weighted by atomic mass is 10.2. The van der Waals surface area contributed by atoms with Gasteiger partial charge in [-0.15, -0.1) is 0 Å². The van der Waals surface area contributed by atoms with E-state index in [1.807, 2.05) is 12.1 Å². The highest BCUT2D eigenvalue weighted by Crippen LogP contribution is 2.09. The Labute approximate surface area is 110 Å². The Morgan fingerprint density at radius 1 is 1.33 bits per heavy atom. The highest BCUT2D eigenvalue weighted by Gasteiger charge is 2.04. The van der Waals surface area contributed by atoms with E-state index in [4.69, 9.17) is 11.6 Å². The predicted molar refractivity (Wildman–Crippen MR) is 70.5 cm³/mol. The summed E-state index contributed by atoms with van der Waals surface area (Å²) < 4.78 is 1.59. The average molecular weight is 265 g/mol. The van der Waals surface area contributed by atoms with E-state index in [0.29, 0.717) is 17.4 Å². The molecule has 0 aliphatic carbocycles. The van der Waals surface area contributed by atoms with Gasteiger partial charge in [-0.3, -0.25) is 10.00 Å². The molecule has 5 nitrogen and oxygen atoms in total. The number of hydrogen-bond acceptors (Lipinski definition) is 2. The summed E-state index contributed by atoms with van der Waals surface area (Å²) in [6.07, 6.45) is 1.62. The van der Waals surface area contributed by atoms with Crippen LogP contribution in [0.2, 0.25) is 5.02 Å². The van der Waals surface area contributed by atoms with Gasteiger partial charge in [0.25, 0.3) is 0 Å². The van der Waals surface area contributed by atoms with Crippen LogP contribution in [0.25, 0.3) is 0 Å². The first-order valence-corrected chi connectivity index (χ1v) is 5.80. The zero-order valence-corrected chi connectivity index (χ0v) is 10.6. The van der Waals surface area contributed by atoms with Crippen molar-refractivity contribution in [1.29, 1.82) is 0 Å². The molecule has 0 aliphatic heterocycles. The number of benzene rings is 1. The van der Waals surface area contributed by atoms with Gasteiger partial charge in [-0.05, 0) is 17.7 Å². The first-order valence-electron chi connectivity index (χ1n) is 5.42. The van der Waals surface area contributed by atoms with Gasteiger partial charge in [-0.1, -0.05) is 23.7 Å². The second-order valence-corrected chi connectivity index (χ2v) is 4.21. The minimum absolute atomic E-state index is 0.270. The zero-order valence-electron chi connectivity index (χ0n) is 9.85. The van der Waals surface area contributed by atoms with E-state index in [2.05, 4.69) is 15.7 Å². The SMILES string of the molecule is Cn1nccc1NC(=O)NCc1ccc(Cl)cc1. The van der Waals surface area contributed by atoms with Gasteiger partial charge in [0.15, 0.2) is 0 Å². The van der Waals surface area contributed by atoms with Crippen LogP contribution in [0.15, 0.2) is 36.5 Å². The molecule has 2 rings (SSSR count). The monoisotopic (exact) mass is 264 g/mol. The lowest BCUT2D eigenvalue weighted by molar-refractivity contribution is 0.251. The molecule has 0 atom stereocenters. The van der Waals surface area contributed by atoms with Gasteiger partial charge in [0.05, 0.1) is 6.20 Å². The van der Waals surface area contributed by atoms with E-state index in [0.717, 1.165) is 5.56 Å². The van der Waals surface area contributed by atoms with Crippen LogP contribution in [-0.4, -0.2) is 15.8 Å². The van der Waals surface area contributed by atoms with Crippen LogP contribution in [0.1, 0.15) is 5.56 Å². The summed E-state index contributed by atoms with van der Waals surface area (Å²) >= 11 is 5.78. The number of carbonyl (C=O) groups excluding carboxylic acids is 1. The van der Waals surface area contributed by atoms with Crippen LogP contribution in [0.5, 0.6) is 0 Å². The van der Waals surface area contributed by atoms with Crippen LogP contribution in [0.3, 0.4) is 0 Å². The Kier molecular flexibility index (Phi) is 3.84. The van der Waals surface area contributed by atoms with E-state index in [1.165, 1.54) is 0 Å². The van der Waals surface area contributed by atoms with Crippen LogP contribution < -0.4 is 10.6 Å². The van der Waals surface area contributed by atoms with E-state index >= 15 is 0 Å². The Bertz CT molecular complexity index is 535. The standard InChI is InChI=1S/C12H13ClN4O/c1-17-11(6-7-15-17)16-12(18)14-8-9-2-4-10(13)5-3-9/h2-7H,8H2,1H3,(H2,14,16,18). The molecule has 2 N–H and O–H groups in total. The van der Waals surface area contributed by atoms with Gasteiger partial charge in [-0.2, -0.15) is 5.10 Å². The van der Waals surface area contributed by atoms with Crippen molar-refractivity contribution in [2.75, 3.05) is 5.32 Å². The number of aryl methyl sites for hydroxylation is 1. The molecule has 0 unspecified atom stereocenters. The summed E-state index contributed by atoms with van der Waals surface area (Å²) in [4.78, 5) is 11.6. The Morgan fingerprint density at radius 3 is 2.67 bits per heavy atom. The molecule has 0 radical (unpaired) electrons. The summed E-state index contributed by atoms with van der Waals surface area (Å²) in [5.74, 6) is 0.642. The van der Waals surface area contributed by atoms with E-state index in [1.54, 1.807) is 36.1 Å². The number of rotatable bonds is 3. The topological polar surface area (TPSA) is 59.0 Å². The number of anilines is 1. The van der Waals surface area contributed by atoms with Crippen molar-refractivity contribution in [2.45, 2.75) is 6.54 Å². The lowest BCUT2D eigenvalue weighted by Crippen LogP contribution is -2.29. The van der Waals surface area contributed by atoms with Crippen molar-refractivity contribution >= 4 is 23.4 Å². The largest absolute Gasteiger partial charge is 0.334 e. The molecule has 0 fully saturated rings. The maximum absolute atomic E-state index is 11.6. The molecule has 1 aromatic heterocycles. The summed E-state index contributed by atoms with van der Waals surface area (Å²) in [7, 11) is 1.76. The molecule has 0 saturated carbocycles. The van der Waals surface area contributed by atoms with E-state index < -0.39 is 0 Å². The Balaban J connectivity index is 1.85. The summed E-state index contributed by atoms with van der Waals surface area (Å²) in [5, 5.41) is 10.1. The molecule has 2 aromatic rings. The molecule has 0 bridgehead atoms. The van der Waals surface area contributed by atoms with Crippen molar-refractivity contribution in [2.24, 2.45) is 7.05 Å². The van der Waals surface area contributed by atoms with Gasteiger partial charge in [-0.25, -0.2) is 4.79 Å². The highest BCUT2D eigenvalue weighted by molar-refractivity contribution is 6.30. The van der Waals surface area contributed by atoms with Crippen LogP contribution >= 0.6 is 11.6 Å². The smallest absolute Gasteiger partial charge is 0.320 e. The van der Waals surface area contributed by atoms with Gasteiger partial charge in [0.1, 0.15) is 5.82 Å². The van der Waals surface area contributed by atoms with Gasteiger partial charge in [0, 0.05) is 24.7 Å². The Morgan fingerprint density at radius 2 is 2.06 bits per heavy atom. The summed E-state index contributed by atoms with van der Waals surface area (Å²) in [5.41, 5.74) is 0.986. The molecular formula is C12H13ClN4O. The van der Waals surface area contributed by atoms with Crippen molar-refractivity contribution in [3.63, 3.8) is 0 Å². The molecule has 0 spiro atoms. The van der Waals surface area contributed by atoms with Crippen molar-refractivity contribution < 1.29 is 4.79 Å². The molecule has 1 aromatic carbocycles. The molecular weight excluding hydrogens is 252 g/mol. The van der Waals surface area contributed by atoms with Crippen molar-refractivity contribution in [3.05, 3.63) is 47.1 Å². The molecule has 94 valence electrons. The predicted octanol–water partition coefficient (Wildman–Crippen LogP) is 2.40. The molecule has 18 heavy (non-hydrogen) atoms. The number of halogens is 1. The van der Waals surface area contributed by atoms with Crippen LogP contribution in [0, 0.1) is 0 Å². The molecule has 0 aliphatic rings. The maximum atomic E-state index is 11.6. The average Bonchev–Trinajstić information content (AvgIpc) is 2.74. The third kappa shape index (κ3) is 3.24. The lowest BCUT2D eigenvalue weighted by Gasteiger charge is -2.07. The second-order valence-electron chi connectivity index (χ2n) is 3.77. The minimum Gasteiger partial charge on any atom is -0.334 e. The van der Waals surface area contributed by atoms with E-state index in [9.17, 15) is 4.79 Å². The zero-order chi connectivity index (χ0) is 13.0. The van der Waals surface area contributed by atoms with Crippen LogP contribution in [-0.2, 0) is 13.6 Å². The number of nitrogens with zero attached hydrogens (tertiary/aromatic N) is 2.